The zero-order valence-electron chi connectivity index (χ0n) is 13.0. The Morgan fingerprint density at radius 2 is 1.78 bits per heavy atom. The van der Waals surface area contributed by atoms with Crippen LogP contribution in [0.4, 0.5) is 4.39 Å². The predicted molar refractivity (Wildman–Crippen MR) is 86.5 cm³/mol. The van der Waals surface area contributed by atoms with Crippen LogP contribution in [0.5, 0.6) is 0 Å². The molecule has 23 heavy (non-hydrogen) atoms. The lowest BCUT2D eigenvalue weighted by Gasteiger charge is -2.13. The Morgan fingerprint density at radius 3 is 2.39 bits per heavy atom. The molecule has 0 fully saturated rings. The number of benzene rings is 2. The van der Waals surface area contributed by atoms with Crippen molar-refractivity contribution in [2.24, 2.45) is 0 Å². The van der Waals surface area contributed by atoms with Crippen LogP contribution in [0.1, 0.15) is 38.8 Å². The molecule has 120 valence electrons. The molecule has 0 radical (unpaired) electrons. The van der Waals surface area contributed by atoms with E-state index < -0.39 is 17.9 Å². The van der Waals surface area contributed by atoms with Crippen molar-refractivity contribution in [2.75, 3.05) is 0 Å². The number of hydrogen-bond donors (Lipinski definition) is 0. The van der Waals surface area contributed by atoms with Crippen LogP contribution < -0.4 is 0 Å². The highest BCUT2D eigenvalue weighted by molar-refractivity contribution is 6.30. The number of rotatable bonds is 4. The van der Waals surface area contributed by atoms with Crippen LogP contribution in [-0.2, 0) is 4.74 Å². The van der Waals surface area contributed by atoms with Crippen molar-refractivity contribution in [3.63, 3.8) is 0 Å². The lowest BCUT2D eigenvalue weighted by atomic mass is 10.0. The van der Waals surface area contributed by atoms with E-state index >= 15 is 0 Å². The van der Waals surface area contributed by atoms with E-state index in [1.54, 1.807) is 12.1 Å². The van der Waals surface area contributed by atoms with Crippen molar-refractivity contribution >= 4 is 23.4 Å². The van der Waals surface area contributed by atoms with Gasteiger partial charge in [-0.25, -0.2) is 9.18 Å². The highest BCUT2D eigenvalue weighted by atomic mass is 35.5. The Hall–Kier alpha value is -2.20. The number of halogens is 2. The van der Waals surface area contributed by atoms with Gasteiger partial charge in [0.1, 0.15) is 5.82 Å². The van der Waals surface area contributed by atoms with Crippen LogP contribution >= 0.6 is 11.6 Å². The van der Waals surface area contributed by atoms with Gasteiger partial charge in [0.05, 0.1) is 5.56 Å². The third kappa shape index (κ3) is 3.96. The first-order chi connectivity index (χ1) is 10.8. The molecule has 0 aliphatic rings. The smallest absolute Gasteiger partial charge is 0.341 e. The number of carbonyl (C=O) groups is 2. The molecular weight excluding hydrogens is 319 g/mol. The fourth-order valence-corrected chi connectivity index (χ4v) is 2.22. The summed E-state index contributed by atoms with van der Waals surface area (Å²) < 4.78 is 18.8. The minimum absolute atomic E-state index is 0.179. The normalized spacial score (nSPS) is 11.9. The number of aryl methyl sites for hydroxylation is 2. The van der Waals surface area contributed by atoms with E-state index in [4.69, 9.17) is 16.3 Å². The van der Waals surface area contributed by atoms with E-state index in [0.717, 1.165) is 17.2 Å². The van der Waals surface area contributed by atoms with Crippen molar-refractivity contribution in [2.45, 2.75) is 26.9 Å². The topological polar surface area (TPSA) is 43.4 Å². The van der Waals surface area contributed by atoms with Crippen molar-refractivity contribution in [3.05, 3.63) is 69.5 Å². The van der Waals surface area contributed by atoms with E-state index in [2.05, 4.69) is 0 Å². The van der Waals surface area contributed by atoms with Gasteiger partial charge < -0.3 is 4.74 Å². The van der Waals surface area contributed by atoms with E-state index in [-0.39, 0.29) is 16.4 Å². The summed E-state index contributed by atoms with van der Waals surface area (Å²) in [5.74, 6) is -2.02. The third-order valence-corrected chi connectivity index (χ3v) is 3.83. The summed E-state index contributed by atoms with van der Waals surface area (Å²) >= 11 is 5.64. The predicted octanol–water partition coefficient (Wildman–Crippen LogP) is 4.52. The molecule has 0 aromatic heterocycles. The van der Waals surface area contributed by atoms with E-state index in [0.29, 0.717) is 5.56 Å². The quantitative estimate of drug-likeness (QED) is 0.609. The van der Waals surface area contributed by atoms with Gasteiger partial charge in [-0.1, -0.05) is 23.7 Å². The standard InChI is InChI=1S/C18H16ClFO3/c1-10-4-5-13(8-11(10)2)17(21)12(3)23-18(22)15-7-6-14(19)9-16(15)20/h4-9,12H,1-3H3/t12-/m0/s1. The molecule has 1 atom stereocenters. The molecule has 3 nitrogen and oxygen atoms in total. The number of ketones is 1. The van der Waals surface area contributed by atoms with Crippen molar-refractivity contribution in [1.29, 1.82) is 0 Å². The minimum Gasteiger partial charge on any atom is -0.451 e. The maximum atomic E-state index is 13.7. The second-order valence-electron chi connectivity index (χ2n) is 5.33. The molecule has 0 bridgehead atoms. The van der Waals surface area contributed by atoms with Crippen LogP contribution in [0.25, 0.3) is 0 Å². The van der Waals surface area contributed by atoms with Crippen LogP contribution in [0.15, 0.2) is 36.4 Å². The number of Topliss-reactive ketones (excluding diaryl/α,β-unsaturated/α-hetero) is 1. The average Bonchev–Trinajstić information content (AvgIpc) is 2.49. The lowest BCUT2D eigenvalue weighted by molar-refractivity contribution is 0.0314. The molecule has 0 unspecified atom stereocenters. The van der Waals surface area contributed by atoms with Gasteiger partial charge >= 0.3 is 5.97 Å². The molecule has 2 aromatic carbocycles. The molecule has 0 N–H and O–H groups in total. The molecule has 2 rings (SSSR count). The Bertz CT molecular complexity index is 771. The molecule has 2 aromatic rings. The van der Waals surface area contributed by atoms with Gasteiger partial charge in [0, 0.05) is 10.6 Å². The Kier molecular flexibility index (Phi) is 5.16. The van der Waals surface area contributed by atoms with Gasteiger partial charge in [0.15, 0.2) is 6.10 Å². The van der Waals surface area contributed by atoms with Crippen LogP contribution in [0.3, 0.4) is 0 Å². The zero-order chi connectivity index (χ0) is 17.1. The number of carbonyl (C=O) groups excluding carboxylic acids is 2. The molecule has 0 saturated carbocycles. The van der Waals surface area contributed by atoms with Crippen molar-refractivity contribution in [1.82, 2.24) is 0 Å². The largest absolute Gasteiger partial charge is 0.451 e. The molecular formula is C18H16ClFO3. The average molecular weight is 335 g/mol. The van der Waals surface area contributed by atoms with Crippen molar-refractivity contribution in [3.8, 4) is 0 Å². The Morgan fingerprint density at radius 1 is 1.09 bits per heavy atom. The zero-order valence-corrected chi connectivity index (χ0v) is 13.8. The molecule has 0 spiro atoms. The summed E-state index contributed by atoms with van der Waals surface area (Å²) in [4.78, 5) is 24.3. The highest BCUT2D eigenvalue weighted by Crippen LogP contribution is 2.17. The number of hydrogen-bond acceptors (Lipinski definition) is 3. The van der Waals surface area contributed by atoms with E-state index in [1.165, 1.54) is 19.1 Å². The second-order valence-corrected chi connectivity index (χ2v) is 5.77. The maximum Gasteiger partial charge on any atom is 0.341 e. The molecule has 0 amide bonds. The summed E-state index contributed by atoms with van der Waals surface area (Å²) in [6, 6.07) is 8.89. The first-order valence-electron chi connectivity index (χ1n) is 7.07. The highest BCUT2D eigenvalue weighted by Gasteiger charge is 2.22. The first-order valence-corrected chi connectivity index (χ1v) is 7.45. The Labute approximate surface area is 139 Å². The third-order valence-electron chi connectivity index (χ3n) is 3.60. The van der Waals surface area contributed by atoms with Gasteiger partial charge in [0.25, 0.3) is 0 Å². The molecule has 0 aliphatic carbocycles. The maximum absolute atomic E-state index is 13.7. The summed E-state index contributed by atoms with van der Waals surface area (Å²) in [5, 5.41) is 0.179. The first kappa shape index (κ1) is 17.2. The molecule has 0 saturated heterocycles. The van der Waals surface area contributed by atoms with Gasteiger partial charge in [0.2, 0.25) is 5.78 Å². The summed E-state index contributed by atoms with van der Waals surface area (Å²) in [6.45, 7) is 5.30. The monoisotopic (exact) mass is 334 g/mol. The van der Waals surface area contributed by atoms with Crippen LogP contribution in [0, 0.1) is 19.7 Å². The van der Waals surface area contributed by atoms with Crippen LogP contribution in [-0.4, -0.2) is 17.9 Å². The Balaban J connectivity index is 2.14. The summed E-state index contributed by atoms with van der Waals surface area (Å²) in [6.07, 6.45) is -1.01. The van der Waals surface area contributed by atoms with Gasteiger partial charge in [-0.05, 0) is 56.2 Å². The minimum atomic E-state index is -1.01. The van der Waals surface area contributed by atoms with E-state index in [1.807, 2.05) is 19.9 Å². The number of esters is 1. The fraction of sp³-hybridized carbons (Fsp3) is 0.222. The fourth-order valence-electron chi connectivity index (χ4n) is 2.06. The lowest BCUT2D eigenvalue weighted by Crippen LogP contribution is -2.25. The second kappa shape index (κ2) is 6.92. The van der Waals surface area contributed by atoms with Crippen LogP contribution in [0.2, 0.25) is 5.02 Å². The molecule has 0 aliphatic heterocycles. The summed E-state index contributed by atoms with van der Waals surface area (Å²) in [5.41, 5.74) is 2.23. The number of ether oxygens (including phenoxy) is 1. The van der Waals surface area contributed by atoms with E-state index in [9.17, 15) is 14.0 Å². The molecule has 5 heteroatoms. The van der Waals surface area contributed by atoms with Gasteiger partial charge in [-0.2, -0.15) is 0 Å². The summed E-state index contributed by atoms with van der Waals surface area (Å²) in [7, 11) is 0. The molecule has 0 heterocycles. The SMILES string of the molecule is Cc1ccc(C(=O)[C@H](C)OC(=O)c2ccc(Cl)cc2F)cc1C. The van der Waals surface area contributed by atoms with Gasteiger partial charge in [-0.15, -0.1) is 0 Å². The van der Waals surface area contributed by atoms with Gasteiger partial charge in [-0.3, -0.25) is 4.79 Å². The van der Waals surface area contributed by atoms with Crippen molar-refractivity contribution < 1.29 is 18.7 Å².